The number of hydrogen-bond acceptors (Lipinski definition) is 5. The van der Waals surface area contributed by atoms with Gasteiger partial charge in [-0.05, 0) is 23.1 Å². The van der Waals surface area contributed by atoms with Gasteiger partial charge >= 0.3 is 5.97 Å². The van der Waals surface area contributed by atoms with Crippen molar-refractivity contribution in [3.05, 3.63) is 108 Å². The van der Waals surface area contributed by atoms with Crippen LogP contribution in [0.15, 0.2) is 91.0 Å². The van der Waals surface area contributed by atoms with E-state index in [2.05, 4.69) is 68.6 Å². The van der Waals surface area contributed by atoms with Gasteiger partial charge in [0.2, 0.25) is 0 Å². The molecule has 0 spiro atoms. The van der Waals surface area contributed by atoms with Crippen molar-refractivity contribution in [3.8, 4) is 0 Å². The van der Waals surface area contributed by atoms with E-state index in [9.17, 15) is 4.79 Å². The largest absolute Gasteiger partial charge is 0.388 e. The fourth-order valence-electron chi connectivity index (χ4n) is 3.73. The van der Waals surface area contributed by atoms with Gasteiger partial charge in [0.25, 0.3) is 0 Å². The Kier molecular flexibility index (Phi) is 9.21. The molecule has 0 radical (unpaired) electrons. The lowest BCUT2D eigenvalue weighted by molar-refractivity contribution is -0.133. The van der Waals surface area contributed by atoms with Crippen LogP contribution in [0.5, 0.6) is 0 Å². The summed E-state index contributed by atoms with van der Waals surface area (Å²) < 4.78 is 4.07. The van der Waals surface area contributed by atoms with Crippen molar-refractivity contribution in [1.29, 1.82) is 0 Å². The molecule has 0 aliphatic carbocycles. The topological polar surface area (TPSA) is 26.3 Å². The zero-order chi connectivity index (χ0) is 22.9. The molecule has 0 unspecified atom stereocenters. The van der Waals surface area contributed by atoms with E-state index in [-0.39, 0.29) is 0 Å². The molecule has 0 fully saturated rings. The fourth-order valence-corrected chi connectivity index (χ4v) is 5.30. The summed E-state index contributed by atoms with van der Waals surface area (Å²) in [6, 6.07) is 30.4. The van der Waals surface area contributed by atoms with Gasteiger partial charge in [-0.2, -0.15) is 25.3 Å². The van der Waals surface area contributed by atoms with Crippen LogP contribution in [0, 0.1) is 0 Å². The third-order valence-electron chi connectivity index (χ3n) is 5.49. The Balaban J connectivity index is 1.96. The number of benzene rings is 3. The van der Waals surface area contributed by atoms with Crippen LogP contribution in [0.2, 0.25) is 0 Å². The Morgan fingerprint density at radius 3 is 1.59 bits per heavy atom. The quantitative estimate of drug-likeness (QED) is 0.0963. The summed E-state index contributed by atoms with van der Waals surface area (Å²) in [4.78, 5) is 13.1. The van der Waals surface area contributed by atoms with Crippen molar-refractivity contribution >= 4 is 43.3 Å². The molecule has 0 saturated carbocycles. The highest BCUT2D eigenvalue weighted by molar-refractivity contribution is 8.02. The Labute approximate surface area is 207 Å². The maximum Gasteiger partial charge on any atom is 0.344 e. The predicted octanol–water partition coefficient (Wildman–Crippen LogP) is 7.70. The van der Waals surface area contributed by atoms with Gasteiger partial charge in [0.05, 0.1) is 12.0 Å². The van der Waals surface area contributed by atoms with Gasteiger partial charge in [-0.3, -0.25) is 0 Å². The van der Waals surface area contributed by atoms with Gasteiger partial charge in [0.15, 0.2) is 4.08 Å². The third kappa shape index (κ3) is 5.94. The van der Waals surface area contributed by atoms with Gasteiger partial charge in [0, 0.05) is 0 Å². The molecule has 0 saturated heterocycles. The van der Waals surface area contributed by atoms with E-state index in [1.165, 1.54) is 0 Å². The van der Waals surface area contributed by atoms with Gasteiger partial charge in [-0.25, -0.2) is 4.79 Å². The molecule has 2 nitrogen and oxygen atoms in total. The maximum atomic E-state index is 13.1. The normalized spacial score (nSPS) is 11.8. The Morgan fingerprint density at radius 1 is 0.750 bits per heavy atom. The van der Waals surface area contributed by atoms with E-state index in [0.29, 0.717) is 6.42 Å². The summed E-state index contributed by atoms with van der Waals surface area (Å²) in [7, 11) is 0. The number of unbranched alkanes of at least 4 members (excludes halogenated alkanes) is 3. The number of rotatable bonds is 11. The van der Waals surface area contributed by atoms with Gasteiger partial charge in [0.1, 0.15) is 4.75 Å². The first kappa shape index (κ1) is 24.8. The number of thiol groups is 2. The first-order valence-electron chi connectivity index (χ1n) is 11.0. The average molecular weight is 483 g/mol. The molecule has 0 N–H and O–H groups in total. The number of carbonyl (C=O) groups excluding carboxylic acids is 1. The minimum atomic E-state index is -1.13. The number of carbonyl (C=O) groups is 1. The Bertz CT molecular complexity index is 863. The summed E-state index contributed by atoms with van der Waals surface area (Å²) in [6.45, 7) is 2.16. The molecule has 0 bridgehead atoms. The summed E-state index contributed by atoms with van der Waals surface area (Å²) in [6.07, 6.45) is 4.79. The monoisotopic (exact) mass is 482 g/mol. The van der Waals surface area contributed by atoms with Crippen molar-refractivity contribution in [3.63, 3.8) is 0 Å². The zero-order valence-corrected chi connectivity index (χ0v) is 20.9. The predicted molar refractivity (Wildman–Crippen MR) is 142 cm³/mol. The van der Waals surface area contributed by atoms with Gasteiger partial charge in [-0.15, -0.1) is 0 Å². The zero-order valence-electron chi connectivity index (χ0n) is 18.3. The summed E-state index contributed by atoms with van der Waals surface area (Å²) in [5.41, 5.74) is 3.09. The molecule has 0 amide bonds. The van der Waals surface area contributed by atoms with Crippen molar-refractivity contribution in [2.45, 2.75) is 47.9 Å². The molecule has 5 heteroatoms. The van der Waals surface area contributed by atoms with Crippen molar-refractivity contribution in [2.24, 2.45) is 0 Å². The molecule has 0 aromatic heterocycles. The fraction of sp³-hybridized carbons (Fsp3) is 0.296. The molecule has 3 aromatic rings. The van der Waals surface area contributed by atoms with E-state index >= 15 is 0 Å². The summed E-state index contributed by atoms with van der Waals surface area (Å²) >= 11 is 10.3. The molecule has 0 atom stereocenters. The van der Waals surface area contributed by atoms with E-state index in [0.717, 1.165) is 54.4 Å². The first-order chi connectivity index (χ1) is 15.5. The van der Waals surface area contributed by atoms with Crippen LogP contribution in [-0.4, -0.2) is 10.0 Å². The standard InChI is InChI=1S/C27H30O2S3/c1-2-3-4-14-21-26(30,31)25(28)29-32-27(22-15-8-5-9-16-22,23-17-10-6-11-18-23)24-19-12-7-13-20-24/h5-13,15-20,30-31H,2-4,14,21H2,1H3. The molecule has 0 heterocycles. The van der Waals surface area contributed by atoms with Crippen LogP contribution < -0.4 is 0 Å². The van der Waals surface area contributed by atoms with E-state index in [1.54, 1.807) is 0 Å². The van der Waals surface area contributed by atoms with Crippen LogP contribution in [0.3, 0.4) is 0 Å². The maximum absolute atomic E-state index is 13.1. The van der Waals surface area contributed by atoms with Gasteiger partial charge in [-0.1, -0.05) is 124 Å². The lowest BCUT2D eigenvalue weighted by Crippen LogP contribution is -2.31. The van der Waals surface area contributed by atoms with Crippen molar-refractivity contribution < 1.29 is 8.98 Å². The van der Waals surface area contributed by atoms with Crippen LogP contribution in [0.25, 0.3) is 0 Å². The molecule has 0 aliphatic rings. The van der Waals surface area contributed by atoms with Crippen molar-refractivity contribution in [2.75, 3.05) is 0 Å². The molecule has 0 aliphatic heterocycles. The lowest BCUT2D eigenvalue weighted by Gasteiger charge is -2.34. The smallest absolute Gasteiger partial charge is 0.344 e. The molecule has 168 valence electrons. The molecule has 3 rings (SSSR count). The van der Waals surface area contributed by atoms with Crippen molar-refractivity contribution in [1.82, 2.24) is 0 Å². The lowest BCUT2D eigenvalue weighted by atomic mass is 9.84. The van der Waals surface area contributed by atoms with Crippen LogP contribution >= 0.6 is 37.3 Å². The number of hydrogen-bond donors (Lipinski definition) is 2. The third-order valence-corrected chi connectivity index (χ3v) is 7.49. The second kappa shape index (κ2) is 11.9. The highest BCUT2D eigenvalue weighted by Crippen LogP contribution is 2.49. The SMILES string of the molecule is CCCCCCC(S)(S)C(=O)OSC(c1ccccc1)(c1ccccc1)c1ccccc1. The average Bonchev–Trinajstić information content (AvgIpc) is 2.84. The van der Waals surface area contributed by atoms with Crippen LogP contribution in [-0.2, 0) is 13.7 Å². The van der Waals surface area contributed by atoms with Crippen LogP contribution in [0.1, 0.15) is 55.7 Å². The first-order valence-corrected chi connectivity index (χ1v) is 12.7. The Morgan fingerprint density at radius 2 is 1.19 bits per heavy atom. The second-order valence-electron chi connectivity index (χ2n) is 7.86. The minimum absolute atomic E-state index is 0.433. The molecular weight excluding hydrogens is 452 g/mol. The van der Waals surface area contributed by atoms with Crippen LogP contribution in [0.4, 0.5) is 0 Å². The van der Waals surface area contributed by atoms with E-state index < -0.39 is 14.8 Å². The van der Waals surface area contributed by atoms with E-state index in [1.807, 2.05) is 54.6 Å². The molecular formula is C27H30O2S3. The Hall–Kier alpha value is -1.82. The van der Waals surface area contributed by atoms with Gasteiger partial charge < -0.3 is 4.18 Å². The highest BCUT2D eigenvalue weighted by Gasteiger charge is 2.42. The van der Waals surface area contributed by atoms with E-state index in [4.69, 9.17) is 4.18 Å². The summed E-state index contributed by atoms with van der Waals surface area (Å²) in [5, 5.41) is 0. The second-order valence-corrected chi connectivity index (χ2v) is 10.7. The molecule has 32 heavy (non-hydrogen) atoms. The summed E-state index contributed by atoms with van der Waals surface area (Å²) in [5.74, 6) is -0.433. The molecule has 3 aromatic carbocycles. The highest BCUT2D eigenvalue weighted by atomic mass is 32.2. The minimum Gasteiger partial charge on any atom is -0.388 e.